The molecule has 0 aliphatic heterocycles. The van der Waals surface area contributed by atoms with Crippen molar-refractivity contribution in [3.8, 4) is 33.8 Å². The molecule has 0 amide bonds. The number of hydrogen-bond acceptors (Lipinski definition) is 5. The van der Waals surface area contributed by atoms with E-state index in [-0.39, 0.29) is 74.1 Å². The standard InChI is InChI=1S/C30H17NO5.Na/c32-26-20-15-19-18-13-7-8-14-21(18)31-25(19)24(27(33)22(29(31)34)16-9-3-1-4-10-16)28(20)36-30(35)23(26)17-11-5-2-6-12-17;/h1-15,32-33H;/q;+1. The Bertz CT molecular complexity index is 2100. The summed E-state index contributed by atoms with van der Waals surface area (Å²) in [6.45, 7) is 0. The first kappa shape index (κ1) is 23.3. The van der Waals surface area contributed by atoms with Crippen molar-refractivity contribution in [3.05, 3.63) is 112 Å². The van der Waals surface area contributed by atoms with Crippen molar-refractivity contribution in [2.24, 2.45) is 0 Å². The van der Waals surface area contributed by atoms with E-state index in [0.29, 0.717) is 27.5 Å². The zero-order valence-corrected chi connectivity index (χ0v) is 21.7. The number of benzene rings is 4. The van der Waals surface area contributed by atoms with Gasteiger partial charge in [0.2, 0.25) is 0 Å². The fraction of sp³-hybridized carbons (Fsp3) is 0. The minimum Gasteiger partial charge on any atom is -0.506 e. The summed E-state index contributed by atoms with van der Waals surface area (Å²) in [4.78, 5) is 27.0. The van der Waals surface area contributed by atoms with Crippen LogP contribution in [0.1, 0.15) is 0 Å². The van der Waals surface area contributed by atoms with E-state index >= 15 is 0 Å². The van der Waals surface area contributed by atoms with Gasteiger partial charge in [-0.1, -0.05) is 78.9 Å². The van der Waals surface area contributed by atoms with Gasteiger partial charge in [-0.2, -0.15) is 0 Å². The molecule has 2 N–H and O–H groups in total. The summed E-state index contributed by atoms with van der Waals surface area (Å²) in [6, 6.07) is 26.8. The minimum atomic E-state index is -0.740. The smallest absolute Gasteiger partial charge is 0.506 e. The molecule has 7 heteroatoms. The average molecular weight is 494 g/mol. The quantitative estimate of drug-likeness (QED) is 0.219. The molecular weight excluding hydrogens is 477 g/mol. The zero-order chi connectivity index (χ0) is 24.6. The minimum absolute atomic E-state index is 0. The number of para-hydroxylation sites is 1. The van der Waals surface area contributed by atoms with Crippen LogP contribution in [-0.4, -0.2) is 14.6 Å². The van der Waals surface area contributed by atoms with E-state index in [0.717, 1.165) is 5.39 Å². The van der Waals surface area contributed by atoms with E-state index in [1.807, 2.05) is 36.4 Å². The van der Waals surface area contributed by atoms with Crippen molar-refractivity contribution in [1.29, 1.82) is 0 Å². The molecule has 0 spiro atoms. The van der Waals surface area contributed by atoms with Crippen LogP contribution in [0.4, 0.5) is 0 Å². The van der Waals surface area contributed by atoms with Gasteiger partial charge in [0.15, 0.2) is 5.58 Å². The molecule has 0 atom stereocenters. The normalized spacial score (nSPS) is 11.5. The summed E-state index contributed by atoms with van der Waals surface area (Å²) in [6.07, 6.45) is 0. The van der Waals surface area contributed by atoms with Crippen LogP contribution in [0, 0.1) is 0 Å². The molecule has 0 radical (unpaired) electrons. The molecule has 172 valence electrons. The molecule has 0 aliphatic carbocycles. The van der Waals surface area contributed by atoms with Crippen LogP contribution in [0.15, 0.2) is 105 Å². The fourth-order valence-corrected chi connectivity index (χ4v) is 5.26. The summed E-state index contributed by atoms with van der Waals surface area (Å²) in [5.74, 6) is -0.541. The molecule has 0 bridgehead atoms. The van der Waals surface area contributed by atoms with Crippen LogP contribution in [0.2, 0.25) is 0 Å². The van der Waals surface area contributed by atoms with Gasteiger partial charge in [0, 0.05) is 10.8 Å². The zero-order valence-electron chi connectivity index (χ0n) is 19.7. The molecule has 0 aliphatic rings. The summed E-state index contributed by atoms with van der Waals surface area (Å²) < 4.78 is 7.34. The van der Waals surface area contributed by atoms with E-state index in [9.17, 15) is 19.8 Å². The molecule has 3 heterocycles. The van der Waals surface area contributed by atoms with Gasteiger partial charge in [-0.3, -0.25) is 9.20 Å². The molecule has 7 aromatic rings. The first-order valence-corrected chi connectivity index (χ1v) is 11.4. The molecule has 0 saturated carbocycles. The maximum atomic E-state index is 13.8. The van der Waals surface area contributed by atoms with E-state index in [2.05, 4.69) is 0 Å². The Morgan fingerprint density at radius 3 is 1.92 bits per heavy atom. The molecule has 0 unspecified atom stereocenters. The predicted molar refractivity (Wildman–Crippen MR) is 140 cm³/mol. The van der Waals surface area contributed by atoms with E-state index in [1.165, 1.54) is 0 Å². The first-order chi connectivity index (χ1) is 17.6. The average Bonchev–Trinajstić information content (AvgIpc) is 3.23. The molecule has 0 saturated heterocycles. The second kappa shape index (κ2) is 8.49. The van der Waals surface area contributed by atoms with Crippen molar-refractivity contribution in [2.45, 2.75) is 0 Å². The van der Waals surface area contributed by atoms with Gasteiger partial charge in [-0.15, -0.1) is 0 Å². The number of nitrogens with zero attached hydrogens (tertiary/aromatic N) is 1. The number of rotatable bonds is 2. The van der Waals surface area contributed by atoms with Gasteiger partial charge in [-0.25, -0.2) is 4.79 Å². The van der Waals surface area contributed by atoms with Crippen LogP contribution in [0.25, 0.3) is 60.4 Å². The van der Waals surface area contributed by atoms with Crippen LogP contribution < -0.4 is 40.7 Å². The number of aromatic nitrogens is 1. The topological polar surface area (TPSA) is 92.2 Å². The predicted octanol–water partition coefficient (Wildman–Crippen LogP) is 2.90. The largest absolute Gasteiger partial charge is 1.00 e. The van der Waals surface area contributed by atoms with Gasteiger partial charge in [0.1, 0.15) is 17.1 Å². The van der Waals surface area contributed by atoms with E-state index in [4.69, 9.17) is 4.42 Å². The fourth-order valence-electron chi connectivity index (χ4n) is 5.26. The van der Waals surface area contributed by atoms with E-state index in [1.54, 1.807) is 59.0 Å². The van der Waals surface area contributed by atoms with Crippen molar-refractivity contribution in [3.63, 3.8) is 0 Å². The third-order valence-electron chi connectivity index (χ3n) is 6.82. The molecule has 37 heavy (non-hydrogen) atoms. The summed E-state index contributed by atoms with van der Waals surface area (Å²) in [5, 5.41) is 24.8. The molecule has 4 aromatic carbocycles. The van der Waals surface area contributed by atoms with Crippen molar-refractivity contribution < 1.29 is 44.2 Å². The third-order valence-corrected chi connectivity index (χ3v) is 6.82. The van der Waals surface area contributed by atoms with Gasteiger partial charge in [0.25, 0.3) is 5.56 Å². The van der Waals surface area contributed by atoms with Crippen LogP contribution in [0.3, 0.4) is 0 Å². The monoisotopic (exact) mass is 494 g/mol. The second-order valence-electron chi connectivity index (χ2n) is 8.75. The Labute approximate surface area is 231 Å². The molecule has 6 nitrogen and oxygen atoms in total. The molecule has 7 rings (SSSR count). The maximum Gasteiger partial charge on any atom is 1.00 e. The van der Waals surface area contributed by atoms with Crippen LogP contribution >= 0.6 is 0 Å². The Kier molecular flexibility index (Phi) is 5.35. The molecule has 0 fully saturated rings. The Morgan fingerprint density at radius 1 is 0.649 bits per heavy atom. The van der Waals surface area contributed by atoms with Crippen LogP contribution in [-0.2, 0) is 0 Å². The number of aromatic hydroxyl groups is 2. The van der Waals surface area contributed by atoms with Crippen molar-refractivity contribution in [1.82, 2.24) is 4.40 Å². The maximum absolute atomic E-state index is 13.8. The van der Waals surface area contributed by atoms with E-state index < -0.39 is 5.63 Å². The summed E-state index contributed by atoms with van der Waals surface area (Å²) in [5.41, 5.74) is 1.15. The van der Waals surface area contributed by atoms with Gasteiger partial charge in [0.05, 0.1) is 27.4 Å². The Balaban J connectivity index is 0.00000252. The Hall–Kier alpha value is -4.10. The number of hydrogen-bond donors (Lipinski definition) is 2. The second-order valence-corrected chi connectivity index (χ2v) is 8.75. The van der Waals surface area contributed by atoms with Gasteiger partial charge < -0.3 is 14.6 Å². The van der Waals surface area contributed by atoms with Crippen molar-refractivity contribution in [2.75, 3.05) is 0 Å². The number of fused-ring (bicyclic) bond motifs is 5. The number of pyridine rings is 1. The summed E-state index contributed by atoms with van der Waals surface area (Å²) in [7, 11) is 0. The summed E-state index contributed by atoms with van der Waals surface area (Å²) >= 11 is 0. The first-order valence-electron chi connectivity index (χ1n) is 11.4. The third kappa shape index (κ3) is 3.17. The van der Waals surface area contributed by atoms with Gasteiger partial charge >= 0.3 is 35.2 Å². The SMILES string of the molecule is O=c1oc2c(cc3c4ccccc4n4c(=O)c(-c5ccccc5)c(O)c2c34)c(O)c1-c1ccccc1.[Na+]. The van der Waals surface area contributed by atoms with Crippen molar-refractivity contribution >= 4 is 38.2 Å². The Morgan fingerprint density at radius 2 is 1.24 bits per heavy atom. The van der Waals surface area contributed by atoms with Gasteiger partial charge in [-0.05, 0) is 23.3 Å². The molecule has 3 aromatic heterocycles. The van der Waals surface area contributed by atoms with Crippen LogP contribution in [0.5, 0.6) is 11.5 Å². The molecular formula is C30H17NNaO5+.